The Hall–Kier alpha value is -3.26. The molecule has 1 fully saturated rings. The Morgan fingerprint density at radius 2 is 1.90 bits per heavy atom. The van der Waals surface area contributed by atoms with Crippen LogP contribution in [0.4, 0.5) is 17.5 Å². The molecular formula is C23H29N7O. The fourth-order valence-corrected chi connectivity index (χ4v) is 4.20. The van der Waals surface area contributed by atoms with Gasteiger partial charge in [-0.15, -0.1) is 0 Å². The topological polar surface area (TPSA) is 109 Å². The standard InChI is InChI=1S/C23H29N7O/c1-14-12-15(2)25-22-20(14)21(24)28-23(29-22)27-18-8-10-30(11-9-18)13-17-6-4-5-7-19(17)26-16(3)31/h4-7,12,18H,8-11,13H2,1-3H3,(H,26,31)(H3,24,25,27,28,29). The summed E-state index contributed by atoms with van der Waals surface area (Å²) in [5.41, 5.74) is 10.8. The molecule has 1 saturated heterocycles. The summed E-state index contributed by atoms with van der Waals surface area (Å²) in [6, 6.07) is 10.2. The third-order valence-electron chi connectivity index (χ3n) is 5.66. The number of amides is 1. The Kier molecular flexibility index (Phi) is 5.99. The molecule has 162 valence electrons. The minimum atomic E-state index is -0.0510. The summed E-state index contributed by atoms with van der Waals surface area (Å²) >= 11 is 0. The van der Waals surface area contributed by atoms with Gasteiger partial charge in [-0.25, -0.2) is 4.98 Å². The van der Waals surface area contributed by atoms with Gasteiger partial charge in [0, 0.05) is 44.0 Å². The molecule has 3 heterocycles. The van der Waals surface area contributed by atoms with Crippen molar-refractivity contribution in [3.8, 4) is 0 Å². The third-order valence-corrected chi connectivity index (χ3v) is 5.66. The number of para-hydroxylation sites is 1. The van der Waals surface area contributed by atoms with Gasteiger partial charge in [0.1, 0.15) is 5.82 Å². The Morgan fingerprint density at radius 3 is 2.65 bits per heavy atom. The number of nitrogens with two attached hydrogens (primary N) is 1. The fraction of sp³-hybridized carbons (Fsp3) is 0.391. The number of nitrogens with zero attached hydrogens (tertiary/aromatic N) is 4. The molecule has 0 unspecified atom stereocenters. The van der Waals surface area contributed by atoms with E-state index in [4.69, 9.17) is 5.73 Å². The second kappa shape index (κ2) is 8.85. The summed E-state index contributed by atoms with van der Waals surface area (Å²) in [4.78, 5) is 27.5. The van der Waals surface area contributed by atoms with Crippen LogP contribution < -0.4 is 16.4 Å². The van der Waals surface area contributed by atoms with Crippen LogP contribution in [0.25, 0.3) is 11.0 Å². The van der Waals surface area contributed by atoms with Crippen LogP contribution in [-0.4, -0.2) is 44.9 Å². The molecule has 1 aromatic carbocycles. The van der Waals surface area contributed by atoms with Gasteiger partial charge >= 0.3 is 0 Å². The number of piperidine rings is 1. The first-order valence-electron chi connectivity index (χ1n) is 10.6. The molecule has 4 N–H and O–H groups in total. The zero-order valence-electron chi connectivity index (χ0n) is 18.3. The predicted octanol–water partition coefficient (Wildman–Crippen LogP) is 3.26. The minimum Gasteiger partial charge on any atom is -0.383 e. The van der Waals surface area contributed by atoms with E-state index in [0.717, 1.165) is 60.4 Å². The SMILES string of the molecule is CC(=O)Nc1ccccc1CN1CCC(Nc2nc(N)c3c(C)cc(C)nc3n2)CC1. The summed E-state index contributed by atoms with van der Waals surface area (Å²) < 4.78 is 0. The number of benzene rings is 1. The zero-order chi connectivity index (χ0) is 22.0. The van der Waals surface area contributed by atoms with Gasteiger partial charge in [-0.2, -0.15) is 9.97 Å². The normalized spacial score (nSPS) is 15.2. The molecule has 3 aromatic rings. The predicted molar refractivity (Wildman–Crippen MR) is 124 cm³/mol. The summed E-state index contributed by atoms with van der Waals surface area (Å²) in [6.45, 7) is 8.21. The molecule has 4 rings (SSSR count). The van der Waals surface area contributed by atoms with Crippen molar-refractivity contribution in [1.82, 2.24) is 19.9 Å². The summed E-state index contributed by atoms with van der Waals surface area (Å²) in [7, 11) is 0. The number of carbonyl (C=O) groups is 1. The van der Waals surface area contributed by atoms with Crippen molar-refractivity contribution in [3.05, 3.63) is 47.2 Å². The lowest BCUT2D eigenvalue weighted by molar-refractivity contribution is -0.114. The number of pyridine rings is 1. The van der Waals surface area contributed by atoms with Gasteiger partial charge in [0.2, 0.25) is 11.9 Å². The van der Waals surface area contributed by atoms with Gasteiger partial charge in [-0.1, -0.05) is 18.2 Å². The highest BCUT2D eigenvalue weighted by molar-refractivity contribution is 5.90. The monoisotopic (exact) mass is 419 g/mol. The van der Waals surface area contributed by atoms with Crippen molar-refractivity contribution in [3.63, 3.8) is 0 Å². The van der Waals surface area contributed by atoms with Crippen LogP contribution in [0.3, 0.4) is 0 Å². The molecule has 0 spiro atoms. The van der Waals surface area contributed by atoms with E-state index in [9.17, 15) is 4.79 Å². The second-order valence-corrected chi connectivity index (χ2v) is 8.24. The smallest absolute Gasteiger partial charge is 0.226 e. The van der Waals surface area contributed by atoms with Crippen LogP contribution in [0, 0.1) is 13.8 Å². The van der Waals surface area contributed by atoms with Gasteiger partial charge in [0.25, 0.3) is 0 Å². The van der Waals surface area contributed by atoms with Crippen molar-refractivity contribution in [1.29, 1.82) is 0 Å². The number of carbonyl (C=O) groups excluding carboxylic acids is 1. The van der Waals surface area contributed by atoms with Crippen LogP contribution in [-0.2, 0) is 11.3 Å². The lowest BCUT2D eigenvalue weighted by Crippen LogP contribution is -2.39. The Balaban J connectivity index is 1.39. The van der Waals surface area contributed by atoms with Crippen molar-refractivity contribution in [2.45, 2.75) is 46.2 Å². The number of likely N-dealkylation sites (tertiary alicyclic amines) is 1. The first kappa shape index (κ1) is 21.0. The number of rotatable bonds is 5. The highest BCUT2D eigenvalue weighted by Crippen LogP contribution is 2.25. The van der Waals surface area contributed by atoms with Crippen molar-refractivity contribution >= 4 is 34.4 Å². The first-order chi connectivity index (χ1) is 14.9. The number of hydrogen-bond donors (Lipinski definition) is 3. The zero-order valence-corrected chi connectivity index (χ0v) is 18.3. The molecule has 2 aromatic heterocycles. The quantitative estimate of drug-likeness (QED) is 0.582. The largest absolute Gasteiger partial charge is 0.383 e. The third kappa shape index (κ3) is 4.91. The van der Waals surface area contributed by atoms with E-state index in [1.807, 2.05) is 38.1 Å². The van der Waals surface area contributed by atoms with Crippen LogP contribution >= 0.6 is 0 Å². The van der Waals surface area contributed by atoms with Gasteiger partial charge in [0.15, 0.2) is 5.65 Å². The minimum absolute atomic E-state index is 0.0510. The van der Waals surface area contributed by atoms with Crippen molar-refractivity contribution in [2.24, 2.45) is 0 Å². The number of hydrogen-bond acceptors (Lipinski definition) is 7. The lowest BCUT2D eigenvalue weighted by Gasteiger charge is -2.32. The van der Waals surface area contributed by atoms with Crippen LogP contribution in [0.1, 0.15) is 36.6 Å². The van der Waals surface area contributed by atoms with Gasteiger partial charge in [-0.05, 0) is 49.9 Å². The van der Waals surface area contributed by atoms with Crippen LogP contribution in [0.5, 0.6) is 0 Å². The summed E-state index contributed by atoms with van der Waals surface area (Å²) in [6.07, 6.45) is 1.95. The van der Waals surface area contributed by atoms with Gasteiger partial charge in [-0.3, -0.25) is 9.69 Å². The molecule has 0 atom stereocenters. The van der Waals surface area contributed by atoms with Crippen LogP contribution in [0.2, 0.25) is 0 Å². The Bertz CT molecular complexity index is 1110. The fourth-order valence-electron chi connectivity index (χ4n) is 4.20. The second-order valence-electron chi connectivity index (χ2n) is 8.24. The van der Waals surface area contributed by atoms with Crippen molar-refractivity contribution < 1.29 is 4.79 Å². The molecule has 0 aliphatic carbocycles. The van der Waals surface area contributed by atoms with E-state index in [-0.39, 0.29) is 11.9 Å². The van der Waals surface area contributed by atoms with Gasteiger partial charge in [0.05, 0.1) is 5.39 Å². The maximum Gasteiger partial charge on any atom is 0.226 e. The Labute approximate surface area is 182 Å². The van der Waals surface area contributed by atoms with E-state index in [2.05, 4.69) is 36.6 Å². The number of aryl methyl sites for hydroxylation is 2. The first-order valence-corrected chi connectivity index (χ1v) is 10.6. The summed E-state index contributed by atoms with van der Waals surface area (Å²) in [5.74, 6) is 0.950. The number of fused-ring (bicyclic) bond motifs is 1. The lowest BCUT2D eigenvalue weighted by atomic mass is 10.0. The highest BCUT2D eigenvalue weighted by atomic mass is 16.1. The van der Waals surface area contributed by atoms with E-state index in [1.165, 1.54) is 6.92 Å². The average molecular weight is 420 g/mol. The molecule has 1 aliphatic rings. The van der Waals surface area contributed by atoms with E-state index < -0.39 is 0 Å². The molecule has 0 saturated carbocycles. The maximum absolute atomic E-state index is 11.5. The maximum atomic E-state index is 11.5. The molecule has 0 radical (unpaired) electrons. The highest BCUT2D eigenvalue weighted by Gasteiger charge is 2.21. The van der Waals surface area contributed by atoms with E-state index >= 15 is 0 Å². The van der Waals surface area contributed by atoms with E-state index in [0.29, 0.717) is 17.4 Å². The van der Waals surface area contributed by atoms with Gasteiger partial charge < -0.3 is 16.4 Å². The number of nitrogens with one attached hydrogen (secondary N) is 2. The van der Waals surface area contributed by atoms with E-state index in [1.54, 1.807) is 0 Å². The molecule has 1 aliphatic heterocycles. The number of nitrogen functional groups attached to an aromatic ring is 1. The molecular weight excluding hydrogens is 390 g/mol. The number of anilines is 3. The Morgan fingerprint density at radius 1 is 1.16 bits per heavy atom. The molecule has 1 amide bonds. The summed E-state index contributed by atoms with van der Waals surface area (Å²) in [5, 5.41) is 7.19. The van der Waals surface area contributed by atoms with Crippen LogP contribution in [0.15, 0.2) is 30.3 Å². The molecule has 8 heteroatoms. The molecule has 8 nitrogen and oxygen atoms in total. The molecule has 0 bridgehead atoms. The molecule has 31 heavy (non-hydrogen) atoms. The average Bonchev–Trinajstić information content (AvgIpc) is 2.69. The number of aromatic nitrogens is 3. The van der Waals surface area contributed by atoms with Crippen molar-refractivity contribution in [2.75, 3.05) is 29.5 Å².